The third kappa shape index (κ3) is 29.6. The first-order valence-corrected chi connectivity index (χ1v) is 15.8. The SMILES string of the molecule is CCCCCCCCOC(CCCCCCCCCCCC=COCOC)OCCCCCCCC. The van der Waals surface area contributed by atoms with E-state index in [0.29, 0.717) is 6.79 Å². The van der Waals surface area contributed by atoms with E-state index in [4.69, 9.17) is 18.9 Å². The van der Waals surface area contributed by atoms with Crippen LogP contribution in [0, 0.1) is 0 Å². The second-order valence-electron chi connectivity index (χ2n) is 10.4. The predicted molar refractivity (Wildman–Crippen MR) is 155 cm³/mol. The highest BCUT2D eigenvalue weighted by molar-refractivity contribution is 4.72. The quantitative estimate of drug-likeness (QED) is 0.0526. The summed E-state index contributed by atoms with van der Waals surface area (Å²) in [4.78, 5) is 0. The molecule has 36 heavy (non-hydrogen) atoms. The topological polar surface area (TPSA) is 36.9 Å². The lowest BCUT2D eigenvalue weighted by molar-refractivity contribution is -0.148. The van der Waals surface area contributed by atoms with Crippen LogP contribution in [0.5, 0.6) is 0 Å². The number of ether oxygens (including phenoxy) is 4. The molecule has 4 nitrogen and oxygen atoms in total. The highest BCUT2D eigenvalue weighted by Crippen LogP contribution is 2.15. The van der Waals surface area contributed by atoms with Gasteiger partial charge >= 0.3 is 0 Å². The Labute approximate surface area is 226 Å². The van der Waals surface area contributed by atoms with Gasteiger partial charge in [0.05, 0.1) is 6.26 Å². The largest absolute Gasteiger partial charge is 0.476 e. The van der Waals surface area contributed by atoms with E-state index < -0.39 is 0 Å². The average Bonchev–Trinajstić information content (AvgIpc) is 2.89. The molecule has 0 aliphatic carbocycles. The molecule has 0 bridgehead atoms. The zero-order valence-electron chi connectivity index (χ0n) is 24.7. The third-order valence-corrected chi connectivity index (χ3v) is 6.79. The minimum atomic E-state index is 0.0187. The highest BCUT2D eigenvalue weighted by atomic mass is 16.7. The van der Waals surface area contributed by atoms with Crippen molar-refractivity contribution in [1.29, 1.82) is 0 Å². The minimum Gasteiger partial charge on any atom is -0.476 e. The predicted octanol–water partition coefficient (Wildman–Crippen LogP) is 10.5. The maximum absolute atomic E-state index is 6.17. The Morgan fingerprint density at radius 2 is 0.972 bits per heavy atom. The van der Waals surface area contributed by atoms with E-state index in [9.17, 15) is 0 Å². The van der Waals surface area contributed by atoms with Crippen LogP contribution >= 0.6 is 0 Å². The molecule has 0 heterocycles. The van der Waals surface area contributed by atoms with Crippen LogP contribution in [0.1, 0.15) is 162 Å². The molecule has 0 aromatic carbocycles. The first kappa shape index (κ1) is 35.4. The Hall–Kier alpha value is -0.580. The summed E-state index contributed by atoms with van der Waals surface area (Å²) in [7, 11) is 1.64. The molecule has 0 saturated carbocycles. The van der Waals surface area contributed by atoms with Gasteiger partial charge in [0.25, 0.3) is 0 Å². The molecule has 0 aliphatic rings. The van der Waals surface area contributed by atoms with Crippen LogP contribution in [-0.2, 0) is 18.9 Å². The molecule has 0 fully saturated rings. The fourth-order valence-electron chi connectivity index (χ4n) is 4.46. The molecule has 0 spiro atoms. The molecule has 4 heteroatoms. The van der Waals surface area contributed by atoms with Gasteiger partial charge in [0.1, 0.15) is 0 Å². The fraction of sp³-hybridized carbons (Fsp3) is 0.938. The fourth-order valence-corrected chi connectivity index (χ4v) is 4.46. The van der Waals surface area contributed by atoms with Crippen LogP contribution in [0.3, 0.4) is 0 Å². The number of hydrogen-bond donors (Lipinski definition) is 0. The highest BCUT2D eigenvalue weighted by Gasteiger charge is 2.09. The molecule has 0 rings (SSSR count). The molecule has 0 aromatic rings. The van der Waals surface area contributed by atoms with E-state index in [-0.39, 0.29) is 6.29 Å². The summed E-state index contributed by atoms with van der Waals surface area (Å²) in [6.45, 7) is 6.62. The summed E-state index contributed by atoms with van der Waals surface area (Å²) in [5, 5.41) is 0. The van der Waals surface area contributed by atoms with Gasteiger partial charge in [-0.3, -0.25) is 0 Å². The number of methoxy groups -OCH3 is 1. The maximum atomic E-state index is 6.17. The van der Waals surface area contributed by atoms with Crippen LogP contribution in [0.2, 0.25) is 0 Å². The first-order valence-electron chi connectivity index (χ1n) is 15.8. The van der Waals surface area contributed by atoms with E-state index in [1.54, 1.807) is 13.4 Å². The summed E-state index contributed by atoms with van der Waals surface area (Å²) >= 11 is 0. The normalized spacial score (nSPS) is 11.8. The van der Waals surface area contributed by atoms with Crippen LogP contribution in [-0.4, -0.2) is 33.4 Å². The first-order chi connectivity index (χ1) is 17.8. The lowest BCUT2D eigenvalue weighted by atomic mass is 10.1. The summed E-state index contributed by atoms with van der Waals surface area (Å²) in [5.74, 6) is 0. The van der Waals surface area contributed by atoms with Crippen molar-refractivity contribution in [3.63, 3.8) is 0 Å². The van der Waals surface area contributed by atoms with Gasteiger partial charge in [-0.15, -0.1) is 0 Å². The van der Waals surface area contributed by atoms with E-state index in [2.05, 4.69) is 19.9 Å². The standard InChI is InChI=1S/C32H64O4/c1-4-6-8-10-21-25-29-35-32(36-30-26-22-11-9-7-5-2)27-23-19-17-15-13-12-14-16-18-20-24-28-34-31-33-3/h24,28,32H,4-23,25-27,29-31H2,1-3H3. The molecule has 0 N–H and O–H groups in total. The maximum Gasteiger partial charge on any atom is 0.187 e. The molecule has 0 atom stereocenters. The Morgan fingerprint density at radius 3 is 1.47 bits per heavy atom. The van der Waals surface area contributed by atoms with Crippen molar-refractivity contribution in [2.24, 2.45) is 0 Å². The van der Waals surface area contributed by atoms with E-state index in [1.165, 1.54) is 135 Å². The zero-order chi connectivity index (χ0) is 26.2. The van der Waals surface area contributed by atoms with Crippen LogP contribution in [0.25, 0.3) is 0 Å². The second kappa shape index (κ2) is 32.4. The Balaban J connectivity index is 3.75. The van der Waals surface area contributed by atoms with Crippen molar-refractivity contribution in [1.82, 2.24) is 0 Å². The molecule has 0 aliphatic heterocycles. The van der Waals surface area contributed by atoms with Gasteiger partial charge in [-0.2, -0.15) is 0 Å². The Bertz CT molecular complexity index is 395. The van der Waals surface area contributed by atoms with E-state index >= 15 is 0 Å². The Morgan fingerprint density at radius 1 is 0.528 bits per heavy atom. The van der Waals surface area contributed by atoms with Crippen molar-refractivity contribution in [3.8, 4) is 0 Å². The summed E-state index contributed by atoms with van der Waals surface area (Å²) < 4.78 is 22.3. The van der Waals surface area contributed by atoms with Crippen molar-refractivity contribution in [2.75, 3.05) is 27.1 Å². The molecular formula is C32H64O4. The van der Waals surface area contributed by atoms with Crippen molar-refractivity contribution >= 4 is 0 Å². The summed E-state index contributed by atoms with van der Waals surface area (Å²) in [6.07, 6.45) is 33.7. The molecule has 0 amide bonds. The van der Waals surface area contributed by atoms with Crippen LogP contribution in [0.15, 0.2) is 12.3 Å². The van der Waals surface area contributed by atoms with Crippen molar-refractivity contribution in [3.05, 3.63) is 12.3 Å². The monoisotopic (exact) mass is 512 g/mol. The lowest BCUT2D eigenvalue weighted by Gasteiger charge is -2.19. The average molecular weight is 513 g/mol. The van der Waals surface area contributed by atoms with E-state index in [1.807, 2.05) is 0 Å². The van der Waals surface area contributed by atoms with Crippen LogP contribution < -0.4 is 0 Å². The lowest BCUT2D eigenvalue weighted by Crippen LogP contribution is -2.19. The van der Waals surface area contributed by atoms with E-state index in [0.717, 1.165) is 26.1 Å². The minimum absolute atomic E-state index is 0.0187. The molecule has 0 aromatic heterocycles. The van der Waals surface area contributed by atoms with Crippen molar-refractivity contribution in [2.45, 2.75) is 168 Å². The molecule has 0 radical (unpaired) electrons. The van der Waals surface area contributed by atoms with Gasteiger partial charge in [0.15, 0.2) is 13.1 Å². The number of hydrogen-bond acceptors (Lipinski definition) is 4. The molecule has 0 unspecified atom stereocenters. The number of rotatable bonds is 31. The summed E-state index contributed by atoms with van der Waals surface area (Å²) in [6, 6.07) is 0. The van der Waals surface area contributed by atoms with Crippen LogP contribution in [0.4, 0.5) is 0 Å². The van der Waals surface area contributed by atoms with Gasteiger partial charge < -0.3 is 18.9 Å². The van der Waals surface area contributed by atoms with Gasteiger partial charge in [-0.25, -0.2) is 0 Å². The smallest absolute Gasteiger partial charge is 0.187 e. The van der Waals surface area contributed by atoms with Crippen molar-refractivity contribution < 1.29 is 18.9 Å². The van der Waals surface area contributed by atoms with Gasteiger partial charge in [0, 0.05) is 20.3 Å². The zero-order valence-corrected chi connectivity index (χ0v) is 24.7. The van der Waals surface area contributed by atoms with Gasteiger partial charge in [-0.1, -0.05) is 123 Å². The molecular weight excluding hydrogens is 448 g/mol. The number of allylic oxidation sites excluding steroid dienone is 1. The Kier molecular flexibility index (Phi) is 31.9. The van der Waals surface area contributed by atoms with Gasteiger partial charge in [-0.05, 0) is 44.6 Å². The third-order valence-electron chi connectivity index (χ3n) is 6.79. The number of unbranched alkanes of at least 4 members (excludes halogenated alkanes) is 19. The molecule has 216 valence electrons. The molecule has 0 saturated heterocycles. The second-order valence-corrected chi connectivity index (χ2v) is 10.4. The summed E-state index contributed by atoms with van der Waals surface area (Å²) in [5.41, 5.74) is 0. The van der Waals surface area contributed by atoms with Gasteiger partial charge in [0.2, 0.25) is 0 Å².